The number of benzene rings is 1. The number of amides is 1. The van der Waals surface area contributed by atoms with E-state index in [9.17, 15) is 23.5 Å². The Labute approximate surface area is 198 Å². The molecular formula is C25H32F2N4O3. The third-order valence-electron chi connectivity index (χ3n) is 6.94. The minimum atomic E-state index is -2.78. The third-order valence-corrected chi connectivity index (χ3v) is 6.94. The SMILES string of the molecule is C[C@H](CC(=O)N1CCC(O)(Cn2cnc(N3CCCC(F)(F)C3)cc2=O)CC1)c1ccccc1. The van der Waals surface area contributed by atoms with Gasteiger partial charge in [-0.15, -0.1) is 0 Å². The van der Waals surface area contributed by atoms with Gasteiger partial charge in [0.05, 0.1) is 25.0 Å². The molecule has 7 nitrogen and oxygen atoms in total. The molecule has 2 saturated heterocycles. The van der Waals surface area contributed by atoms with Crippen LogP contribution in [0.3, 0.4) is 0 Å². The highest BCUT2D eigenvalue weighted by Gasteiger charge is 2.37. The minimum absolute atomic E-state index is 0.0533. The van der Waals surface area contributed by atoms with Crippen LogP contribution in [0.15, 0.2) is 47.5 Å². The van der Waals surface area contributed by atoms with Crippen molar-refractivity contribution in [2.45, 2.75) is 63.0 Å². The number of hydrogen-bond acceptors (Lipinski definition) is 5. The van der Waals surface area contributed by atoms with Crippen LogP contribution in [0.5, 0.6) is 0 Å². The van der Waals surface area contributed by atoms with Crippen molar-refractivity contribution < 1.29 is 18.7 Å². The summed E-state index contributed by atoms with van der Waals surface area (Å²) in [7, 11) is 0. The van der Waals surface area contributed by atoms with Gasteiger partial charge >= 0.3 is 0 Å². The molecule has 4 rings (SSSR count). The number of aromatic nitrogens is 2. The second kappa shape index (κ2) is 9.82. The summed E-state index contributed by atoms with van der Waals surface area (Å²) >= 11 is 0. The van der Waals surface area contributed by atoms with Gasteiger partial charge < -0.3 is 14.9 Å². The molecule has 1 aromatic carbocycles. The first kappa shape index (κ1) is 24.3. The number of rotatable bonds is 6. The molecule has 184 valence electrons. The molecule has 0 aliphatic carbocycles. The normalized spacial score (nSPS) is 20.7. The summed E-state index contributed by atoms with van der Waals surface area (Å²) in [6.45, 7) is 2.90. The zero-order valence-electron chi connectivity index (χ0n) is 19.5. The van der Waals surface area contributed by atoms with Crippen LogP contribution < -0.4 is 10.5 Å². The van der Waals surface area contributed by atoms with Crippen LogP contribution in [0.25, 0.3) is 0 Å². The molecular weight excluding hydrogens is 442 g/mol. The Morgan fingerprint density at radius 3 is 2.50 bits per heavy atom. The number of alkyl halides is 2. The van der Waals surface area contributed by atoms with E-state index >= 15 is 0 Å². The third kappa shape index (κ3) is 5.81. The molecule has 0 unspecified atom stereocenters. The lowest BCUT2D eigenvalue weighted by atomic mass is 9.90. The van der Waals surface area contributed by atoms with Gasteiger partial charge in [-0.2, -0.15) is 0 Å². The van der Waals surface area contributed by atoms with E-state index in [1.165, 1.54) is 21.9 Å². The van der Waals surface area contributed by atoms with Gasteiger partial charge in [-0.05, 0) is 30.7 Å². The number of carbonyl (C=O) groups excluding carboxylic acids is 1. The fraction of sp³-hybridized carbons (Fsp3) is 0.560. The number of halogens is 2. The molecule has 2 aliphatic rings. The number of anilines is 1. The van der Waals surface area contributed by atoms with Crippen molar-refractivity contribution in [2.24, 2.45) is 0 Å². The van der Waals surface area contributed by atoms with E-state index in [1.54, 1.807) is 4.90 Å². The Bertz CT molecular complexity index is 1050. The molecule has 2 aromatic rings. The zero-order valence-corrected chi connectivity index (χ0v) is 19.5. The van der Waals surface area contributed by atoms with E-state index in [4.69, 9.17) is 0 Å². The van der Waals surface area contributed by atoms with Gasteiger partial charge in [-0.3, -0.25) is 14.2 Å². The van der Waals surface area contributed by atoms with Crippen molar-refractivity contribution >= 4 is 11.7 Å². The number of carbonyl (C=O) groups is 1. The summed E-state index contributed by atoms with van der Waals surface area (Å²) in [6, 6.07) is 11.2. The second-order valence-electron chi connectivity index (χ2n) is 9.72. The fourth-order valence-electron chi connectivity index (χ4n) is 4.81. The first-order valence-corrected chi connectivity index (χ1v) is 11.9. The highest BCUT2D eigenvalue weighted by molar-refractivity contribution is 5.77. The predicted molar refractivity (Wildman–Crippen MR) is 125 cm³/mol. The maximum atomic E-state index is 13.7. The first-order valence-electron chi connectivity index (χ1n) is 11.9. The Kier molecular flexibility index (Phi) is 7.02. The van der Waals surface area contributed by atoms with Crippen LogP contribution in [0.1, 0.15) is 50.5 Å². The Morgan fingerprint density at radius 2 is 1.85 bits per heavy atom. The molecule has 34 heavy (non-hydrogen) atoms. The second-order valence-corrected chi connectivity index (χ2v) is 9.72. The molecule has 0 saturated carbocycles. The first-order chi connectivity index (χ1) is 16.1. The lowest BCUT2D eigenvalue weighted by Gasteiger charge is -2.39. The Morgan fingerprint density at radius 1 is 1.15 bits per heavy atom. The Hall–Kier alpha value is -2.81. The summed E-state index contributed by atoms with van der Waals surface area (Å²) in [6.07, 6.45) is 2.62. The topological polar surface area (TPSA) is 78.7 Å². The largest absolute Gasteiger partial charge is 0.388 e. The molecule has 1 aromatic heterocycles. The molecule has 0 radical (unpaired) electrons. The monoisotopic (exact) mass is 474 g/mol. The van der Waals surface area contributed by atoms with Gasteiger partial charge in [0.1, 0.15) is 5.82 Å². The lowest BCUT2D eigenvalue weighted by Crippen LogP contribution is -2.50. The van der Waals surface area contributed by atoms with Gasteiger partial charge in [-0.25, -0.2) is 13.8 Å². The van der Waals surface area contributed by atoms with E-state index in [0.717, 1.165) is 5.56 Å². The quantitative estimate of drug-likeness (QED) is 0.696. The average Bonchev–Trinajstić information content (AvgIpc) is 2.80. The van der Waals surface area contributed by atoms with Gasteiger partial charge in [-0.1, -0.05) is 37.3 Å². The molecule has 3 heterocycles. The van der Waals surface area contributed by atoms with Crippen LogP contribution in [0, 0.1) is 0 Å². The highest BCUT2D eigenvalue weighted by Crippen LogP contribution is 2.29. The Balaban J connectivity index is 1.33. The van der Waals surface area contributed by atoms with Crippen LogP contribution in [0.2, 0.25) is 0 Å². The minimum Gasteiger partial charge on any atom is -0.388 e. The fourth-order valence-corrected chi connectivity index (χ4v) is 4.81. The predicted octanol–water partition coefficient (Wildman–Crippen LogP) is 3.03. The van der Waals surface area contributed by atoms with E-state index in [0.29, 0.717) is 45.3 Å². The van der Waals surface area contributed by atoms with Crippen molar-refractivity contribution in [3.05, 3.63) is 58.6 Å². The van der Waals surface area contributed by atoms with Crippen LogP contribution in [-0.4, -0.2) is 63.2 Å². The lowest BCUT2D eigenvalue weighted by molar-refractivity contribution is -0.136. The molecule has 1 N–H and O–H groups in total. The number of nitrogens with zero attached hydrogens (tertiary/aromatic N) is 4. The standard InChI is InChI=1S/C25H32F2N4O3/c1-19(20-6-3-2-4-7-20)14-22(32)29-12-9-24(34,10-13-29)16-31-18-28-21(15-23(31)33)30-11-5-8-25(26,27)17-30/h2-4,6-7,15,18-19,34H,5,8-14,16-17H2,1H3/t19-/m1/s1. The van der Waals surface area contributed by atoms with E-state index in [2.05, 4.69) is 4.98 Å². The van der Waals surface area contributed by atoms with Crippen molar-refractivity contribution in [3.63, 3.8) is 0 Å². The molecule has 0 bridgehead atoms. The van der Waals surface area contributed by atoms with Gasteiger partial charge in [0.2, 0.25) is 5.91 Å². The summed E-state index contributed by atoms with van der Waals surface area (Å²) in [5.74, 6) is -2.38. The van der Waals surface area contributed by atoms with Crippen molar-refractivity contribution in [3.8, 4) is 0 Å². The molecule has 2 fully saturated rings. The van der Waals surface area contributed by atoms with Crippen molar-refractivity contribution in [2.75, 3.05) is 31.1 Å². The van der Waals surface area contributed by atoms with E-state index in [1.807, 2.05) is 37.3 Å². The number of hydrogen-bond donors (Lipinski definition) is 1. The van der Waals surface area contributed by atoms with E-state index < -0.39 is 18.1 Å². The van der Waals surface area contributed by atoms with Gasteiger partial charge in [0.15, 0.2) is 0 Å². The number of piperidine rings is 2. The summed E-state index contributed by atoms with van der Waals surface area (Å²) in [5, 5.41) is 11.1. The molecule has 9 heteroatoms. The molecule has 0 spiro atoms. The number of likely N-dealkylation sites (tertiary alicyclic amines) is 1. The maximum Gasteiger partial charge on any atom is 0.265 e. The molecule has 1 amide bonds. The van der Waals surface area contributed by atoms with Crippen LogP contribution in [-0.2, 0) is 11.3 Å². The smallest absolute Gasteiger partial charge is 0.265 e. The van der Waals surface area contributed by atoms with Crippen LogP contribution >= 0.6 is 0 Å². The van der Waals surface area contributed by atoms with Crippen molar-refractivity contribution in [1.29, 1.82) is 0 Å². The number of aliphatic hydroxyl groups is 1. The summed E-state index contributed by atoms with van der Waals surface area (Å²) in [5.41, 5.74) is -0.400. The average molecular weight is 475 g/mol. The van der Waals surface area contributed by atoms with E-state index in [-0.39, 0.29) is 36.2 Å². The van der Waals surface area contributed by atoms with Gasteiger partial charge in [0, 0.05) is 38.5 Å². The zero-order chi connectivity index (χ0) is 24.3. The highest BCUT2D eigenvalue weighted by atomic mass is 19.3. The summed E-state index contributed by atoms with van der Waals surface area (Å²) in [4.78, 5) is 32.8. The molecule has 2 aliphatic heterocycles. The molecule has 1 atom stereocenters. The van der Waals surface area contributed by atoms with Gasteiger partial charge in [0.25, 0.3) is 11.5 Å². The maximum absolute atomic E-state index is 13.7. The van der Waals surface area contributed by atoms with Crippen molar-refractivity contribution in [1.82, 2.24) is 14.5 Å². The summed E-state index contributed by atoms with van der Waals surface area (Å²) < 4.78 is 28.7. The van der Waals surface area contributed by atoms with Crippen LogP contribution in [0.4, 0.5) is 14.6 Å².